The molecule has 2 aromatic carbocycles. The number of nitrogens with zero attached hydrogens (tertiary/aromatic N) is 3. The topological polar surface area (TPSA) is 57.7 Å². The Hall–Kier alpha value is -2.48. The molecule has 1 aliphatic rings. The quantitative estimate of drug-likeness (QED) is 0.693. The van der Waals surface area contributed by atoms with E-state index in [4.69, 9.17) is 4.74 Å². The lowest BCUT2D eigenvalue weighted by molar-refractivity contribution is -0.121. The molecule has 1 amide bonds. The zero-order valence-electron chi connectivity index (χ0n) is 15.9. The molecule has 146 valence electrons. The molecule has 4 rings (SSSR count). The fourth-order valence-electron chi connectivity index (χ4n) is 3.23. The molecule has 1 aliphatic heterocycles. The zero-order valence-corrected chi connectivity index (χ0v) is 16.7. The summed E-state index contributed by atoms with van der Waals surface area (Å²) in [5, 5.41) is 3.76. The number of likely N-dealkylation sites (N-methyl/N-ethyl adjacent to an activating group) is 1. The summed E-state index contributed by atoms with van der Waals surface area (Å²) in [4.78, 5) is 21.3. The molecule has 28 heavy (non-hydrogen) atoms. The third-order valence-electron chi connectivity index (χ3n) is 4.82. The summed E-state index contributed by atoms with van der Waals surface area (Å²) in [6, 6.07) is 16.0. The van der Waals surface area contributed by atoms with Crippen LogP contribution in [-0.2, 0) is 16.1 Å². The van der Waals surface area contributed by atoms with Crippen molar-refractivity contribution in [2.45, 2.75) is 6.61 Å². The number of hydrogen-bond donors (Lipinski definition) is 1. The van der Waals surface area contributed by atoms with E-state index in [1.807, 2.05) is 36.4 Å². The normalized spacial score (nSPS) is 15.1. The Morgan fingerprint density at radius 2 is 1.86 bits per heavy atom. The molecule has 0 saturated carbocycles. The number of hydrogen-bond acceptors (Lipinski definition) is 6. The number of anilines is 2. The van der Waals surface area contributed by atoms with E-state index in [0.29, 0.717) is 6.61 Å². The van der Waals surface area contributed by atoms with Crippen LogP contribution >= 0.6 is 11.3 Å². The molecule has 2 heterocycles. The van der Waals surface area contributed by atoms with Crippen LogP contribution in [0.4, 0.5) is 11.4 Å². The van der Waals surface area contributed by atoms with Gasteiger partial charge < -0.3 is 19.9 Å². The van der Waals surface area contributed by atoms with Crippen LogP contribution in [0.1, 0.15) is 5.01 Å². The maximum absolute atomic E-state index is 12.1. The molecule has 1 fully saturated rings. The first-order valence-electron chi connectivity index (χ1n) is 9.43. The van der Waals surface area contributed by atoms with Crippen LogP contribution in [0.25, 0.3) is 10.2 Å². The van der Waals surface area contributed by atoms with Gasteiger partial charge in [0.15, 0.2) is 0 Å². The number of aromatic nitrogens is 1. The number of carbonyl (C=O) groups is 1. The van der Waals surface area contributed by atoms with Crippen LogP contribution in [0.2, 0.25) is 0 Å². The number of rotatable bonds is 6. The van der Waals surface area contributed by atoms with Crippen LogP contribution in [0.15, 0.2) is 48.5 Å². The number of nitrogens with one attached hydrogen (secondary N) is 1. The van der Waals surface area contributed by atoms with Crippen LogP contribution in [-0.4, -0.2) is 55.6 Å². The van der Waals surface area contributed by atoms with Gasteiger partial charge in [-0.15, -0.1) is 11.3 Å². The van der Waals surface area contributed by atoms with Crippen molar-refractivity contribution >= 4 is 38.8 Å². The molecular weight excluding hydrogens is 372 g/mol. The zero-order chi connectivity index (χ0) is 19.3. The largest absolute Gasteiger partial charge is 0.369 e. The predicted molar refractivity (Wildman–Crippen MR) is 114 cm³/mol. The van der Waals surface area contributed by atoms with Gasteiger partial charge in [0.2, 0.25) is 5.91 Å². The van der Waals surface area contributed by atoms with Crippen LogP contribution < -0.4 is 10.2 Å². The van der Waals surface area contributed by atoms with Gasteiger partial charge in [-0.1, -0.05) is 12.1 Å². The standard InChI is InChI=1S/C21H24N4O2S/c1-24-10-12-25(13-11-24)17-8-6-16(7-9-17)22-20(26)14-27-15-21-23-18-4-2-3-5-19(18)28-21/h2-9H,10-15H2,1H3,(H,22,26). The van der Waals surface area contributed by atoms with Crippen molar-refractivity contribution in [3.05, 3.63) is 53.5 Å². The van der Waals surface area contributed by atoms with Crippen molar-refractivity contribution in [1.29, 1.82) is 0 Å². The van der Waals surface area contributed by atoms with Gasteiger partial charge in [0.1, 0.15) is 11.6 Å². The number of benzene rings is 2. The molecular formula is C21H24N4O2S. The Labute approximate surface area is 168 Å². The number of ether oxygens (including phenoxy) is 1. The van der Waals surface area contributed by atoms with Gasteiger partial charge in [-0.25, -0.2) is 4.98 Å². The fraction of sp³-hybridized carbons (Fsp3) is 0.333. The highest BCUT2D eigenvalue weighted by Gasteiger charge is 2.14. The molecule has 7 heteroatoms. The molecule has 1 N–H and O–H groups in total. The first-order valence-corrected chi connectivity index (χ1v) is 10.2. The van der Waals surface area contributed by atoms with E-state index in [0.717, 1.165) is 47.1 Å². The lowest BCUT2D eigenvalue weighted by atomic mass is 10.2. The van der Waals surface area contributed by atoms with Crippen molar-refractivity contribution in [3.63, 3.8) is 0 Å². The summed E-state index contributed by atoms with van der Waals surface area (Å²) in [5.74, 6) is -0.159. The smallest absolute Gasteiger partial charge is 0.250 e. The highest BCUT2D eigenvalue weighted by Crippen LogP contribution is 2.22. The summed E-state index contributed by atoms with van der Waals surface area (Å²) in [6.07, 6.45) is 0. The number of carbonyl (C=O) groups excluding carboxylic acids is 1. The SMILES string of the molecule is CN1CCN(c2ccc(NC(=O)COCc3nc4ccccc4s3)cc2)CC1. The molecule has 0 unspecified atom stereocenters. The Balaban J connectivity index is 1.24. The molecule has 3 aromatic rings. The monoisotopic (exact) mass is 396 g/mol. The van der Waals surface area contributed by atoms with Crippen molar-refractivity contribution in [2.75, 3.05) is 50.1 Å². The van der Waals surface area contributed by atoms with Gasteiger partial charge in [-0.3, -0.25) is 4.79 Å². The molecule has 0 atom stereocenters. The van der Waals surface area contributed by atoms with E-state index < -0.39 is 0 Å². The molecule has 1 saturated heterocycles. The first-order chi connectivity index (χ1) is 13.7. The lowest BCUT2D eigenvalue weighted by Crippen LogP contribution is -2.44. The van der Waals surface area contributed by atoms with Crippen molar-refractivity contribution in [3.8, 4) is 0 Å². The highest BCUT2D eigenvalue weighted by molar-refractivity contribution is 7.18. The maximum atomic E-state index is 12.1. The minimum atomic E-state index is -0.159. The van der Waals surface area contributed by atoms with E-state index in [9.17, 15) is 4.79 Å². The minimum absolute atomic E-state index is 0.0101. The summed E-state index contributed by atoms with van der Waals surface area (Å²) in [5.41, 5.74) is 2.95. The van der Waals surface area contributed by atoms with E-state index in [-0.39, 0.29) is 12.5 Å². The maximum Gasteiger partial charge on any atom is 0.250 e. The van der Waals surface area contributed by atoms with Crippen molar-refractivity contribution in [2.24, 2.45) is 0 Å². The van der Waals surface area contributed by atoms with E-state index >= 15 is 0 Å². The molecule has 6 nitrogen and oxygen atoms in total. The van der Waals surface area contributed by atoms with Crippen LogP contribution in [0.3, 0.4) is 0 Å². The predicted octanol–water partition coefficient (Wildman–Crippen LogP) is 3.20. The summed E-state index contributed by atoms with van der Waals surface area (Å²) >= 11 is 1.59. The van der Waals surface area contributed by atoms with E-state index in [1.165, 1.54) is 5.69 Å². The second-order valence-corrected chi connectivity index (χ2v) is 8.07. The fourth-order valence-corrected chi connectivity index (χ4v) is 4.13. The molecule has 0 radical (unpaired) electrons. The van der Waals surface area contributed by atoms with Crippen molar-refractivity contribution < 1.29 is 9.53 Å². The van der Waals surface area contributed by atoms with Crippen LogP contribution in [0.5, 0.6) is 0 Å². The average molecular weight is 397 g/mol. The Kier molecular flexibility index (Phi) is 5.85. The molecule has 0 spiro atoms. The molecule has 0 bridgehead atoms. The lowest BCUT2D eigenvalue weighted by Gasteiger charge is -2.34. The average Bonchev–Trinajstić information content (AvgIpc) is 3.12. The van der Waals surface area contributed by atoms with E-state index in [1.54, 1.807) is 11.3 Å². The molecule has 0 aliphatic carbocycles. The van der Waals surface area contributed by atoms with Crippen molar-refractivity contribution in [1.82, 2.24) is 9.88 Å². The number of amides is 1. The van der Waals surface area contributed by atoms with Crippen LogP contribution in [0, 0.1) is 0 Å². The Bertz CT molecular complexity index is 900. The van der Waals surface area contributed by atoms with Gasteiger partial charge in [0.25, 0.3) is 0 Å². The van der Waals surface area contributed by atoms with Gasteiger partial charge in [-0.05, 0) is 43.4 Å². The van der Waals surface area contributed by atoms with Gasteiger partial charge in [0, 0.05) is 37.6 Å². The van der Waals surface area contributed by atoms with Gasteiger partial charge in [-0.2, -0.15) is 0 Å². The highest BCUT2D eigenvalue weighted by atomic mass is 32.1. The number of para-hydroxylation sites is 1. The Morgan fingerprint density at radius 3 is 2.61 bits per heavy atom. The summed E-state index contributed by atoms with van der Waals surface area (Å²) < 4.78 is 6.67. The minimum Gasteiger partial charge on any atom is -0.369 e. The Morgan fingerprint density at radius 1 is 1.11 bits per heavy atom. The third-order valence-corrected chi connectivity index (χ3v) is 5.83. The summed E-state index contributed by atoms with van der Waals surface area (Å²) in [6.45, 7) is 4.56. The molecule has 1 aromatic heterocycles. The van der Waals surface area contributed by atoms with Gasteiger partial charge in [0.05, 0.1) is 16.8 Å². The second-order valence-electron chi connectivity index (χ2n) is 6.95. The second kappa shape index (κ2) is 8.68. The third kappa shape index (κ3) is 4.67. The first kappa shape index (κ1) is 18.9. The van der Waals surface area contributed by atoms with Gasteiger partial charge >= 0.3 is 0 Å². The number of fused-ring (bicyclic) bond motifs is 1. The number of piperazine rings is 1. The van der Waals surface area contributed by atoms with E-state index in [2.05, 4.69) is 39.3 Å². The number of thiazole rings is 1. The summed E-state index contributed by atoms with van der Waals surface area (Å²) in [7, 11) is 2.15.